The van der Waals surface area contributed by atoms with Crippen molar-refractivity contribution in [3.63, 3.8) is 0 Å². The van der Waals surface area contributed by atoms with Gasteiger partial charge in [-0.2, -0.15) is 13.9 Å². The molecule has 3 rings (SSSR count). The van der Waals surface area contributed by atoms with Crippen molar-refractivity contribution in [1.29, 1.82) is 0 Å². The van der Waals surface area contributed by atoms with Gasteiger partial charge < -0.3 is 0 Å². The minimum atomic E-state index is -2.90. The summed E-state index contributed by atoms with van der Waals surface area (Å²) in [6, 6.07) is 12.4. The fraction of sp³-hybridized carbons (Fsp3) is 0.188. The quantitative estimate of drug-likeness (QED) is 0.634. The van der Waals surface area contributed by atoms with Crippen LogP contribution in [0.1, 0.15) is 17.0 Å². The minimum Gasteiger partial charge on any atom is -0.238 e. The number of fused-ring (bicyclic) bond motifs is 1. The van der Waals surface area contributed by atoms with E-state index >= 15 is 0 Å². The lowest BCUT2D eigenvalue weighted by atomic mass is 10.1. The number of alkyl halides is 2. The second kappa shape index (κ2) is 4.88. The molecule has 0 aliphatic heterocycles. The lowest BCUT2D eigenvalue weighted by molar-refractivity contribution is 0.104. The predicted octanol–water partition coefficient (Wildman–Crippen LogP) is 4.57. The third-order valence-electron chi connectivity index (χ3n) is 3.46. The van der Waals surface area contributed by atoms with Gasteiger partial charge in [0.25, 0.3) is 5.66 Å². The van der Waals surface area contributed by atoms with Gasteiger partial charge in [0.2, 0.25) is 0 Å². The van der Waals surface area contributed by atoms with Crippen molar-refractivity contribution in [3.8, 4) is 5.69 Å². The Balaban J connectivity index is 2.11. The first-order valence-electron chi connectivity index (χ1n) is 6.59. The molecule has 0 aliphatic rings. The van der Waals surface area contributed by atoms with E-state index in [1.54, 1.807) is 15.3 Å². The van der Waals surface area contributed by atoms with Crippen molar-refractivity contribution in [1.82, 2.24) is 9.78 Å². The van der Waals surface area contributed by atoms with E-state index in [0.717, 1.165) is 27.8 Å². The number of halogens is 2. The standard InChI is InChI=1S/C16H15F2N2P/c1-10-7-11(2)20(19-10)15-6-4-12-8-14(16(17,18)21)5-3-13(12)9-15/h3-9H,21H2,1-2H3. The lowest BCUT2D eigenvalue weighted by Gasteiger charge is -2.12. The Hall–Kier alpha value is -1.80. The number of hydrogen-bond donors (Lipinski definition) is 0. The molecule has 2 aromatic carbocycles. The summed E-state index contributed by atoms with van der Waals surface area (Å²) in [6.45, 7) is 3.93. The maximum atomic E-state index is 13.3. The molecule has 3 aromatic rings. The summed E-state index contributed by atoms with van der Waals surface area (Å²) in [4.78, 5) is 0. The van der Waals surface area contributed by atoms with Crippen molar-refractivity contribution >= 4 is 20.0 Å². The van der Waals surface area contributed by atoms with Crippen molar-refractivity contribution in [2.24, 2.45) is 0 Å². The van der Waals surface area contributed by atoms with Crippen LogP contribution in [0.15, 0.2) is 42.5 Å². The first-order chi connectivity index (χ1) is 9.84. The molecule has 0 aliphatic carbocycles. The van der Waals surface area contributed by atoms with Crippen molar-refractivity contribution in [2.75, 3.05) is 0 Å². The Kier molecular flexibility index (Phi) is 3.29. The van der Waals surface area contributed by atoms with Crippen LogP contribution in [0.3, 0.4) is 0 Å². The second-order valence-corrected chi connectivity index (χ2v) is 5.93. The van der Waals surface area contributed by atoms with Crippen LogP contribution in [0.4, 0.5) is 8.78 Å². The van der Waals surface area contributed by atoms with Gasteiger partial charge in [0, 0.05) is 11.3 Å². The zero-order chi connectivity index (χ0) is 15.2. The SMILES string of the molecule is Cc1cc(C)n(-c2ccc3cc(C(F)(F)P)ccc3c2)n1. The second-order valence-electron chi connectivity index (χ2n) is 5.21. The fourth-order valence-electron chi connectivity index (χ4n) is 2.46. The zero-order valence-corrected chi connectivity index (χ0v) is 12.9. The largest absolute Gasteiger partial charge is 0.283 e. The number of hydrogen-bond acceptors (Lipinski definition) is 1. The van der Waals surface area contributed by atoms with E-state index in [2.05, 4.69) is 5.10 Å². The normalized spacial score (nSPS) is 12.0. The monoisotopic (exact) mass is 304 g/mol. The Morgan fingerprint density at radius 1 is 1.00 bits per heavy atom. The highest BCUT2D eigenvalue weighted by Gasteiger charge is 2.24. The average molecular weight is 304 g/mol. The van der Waals surface area contributed by atoms with Crippen LogP contribution >= 0.6 is 9.24 Å². The molecule has 1 heterocycles. The van der Waals surface area contributed by atoms with Gasteiger partial charge in [0.1, 0.15) is 0 Å². The molecule has 0 bridgehead atoms. The van der Waals surface area contributed by atoms with Gasteiger partial charge >= 0.3 is 0 Å². The summed E-state index contributed by atoms with van der Waals surface area (Å²) < 4.78 is 28.5. The summed E-state index contributed by atoms with van der Waals surface area (Å²) in [5.41, 5.74) is 0.0191. The van der Waals surface area contributed by atoms with E-state index in [1.807, 2.05) is 42.8 Å². The maximum absolute atomic E-state index is 13.3. The van der Waals surface area contributed by atoms with Gasteiger partial charge in [0.05, 0.1) is 11.4 Å². The molecule has 1 aromatic heterocycles. The van der Waals surface area contributed by atoms with E-state index in [-0.39, 0.29) is 5.56 Å². The number of aromatic nitrogens is 2. The van der Waals surface area contributed by atoms with E-state index in [0.29, 0.717) is 0 Å². The van der Waals surface area contributed by atoms with Crippen LogP contribution in [0, 0.1) is 13.8 Å². The molecular weight excluding hydrogens is 289 g/mol. The van der Waals surface area contributed by atoms with E-state index in [4.69, 9.17) is 0 Å². The van der Waals surface area contributed by atoms with Crippen LogP contribution in [-0.4, -0.2) is 9.78 Å². The Bertz CT molecular complexity index is 819. The van der Waals surface area contributed by atoms with Gasteiger partial charge in [-0.1, -0.05) is 27.4 Å². The first-order valence-corrected chi connectivity index (χ1v) is 7.17. The molecule has 1 unspecified atom stereocenters. The predicted molar refractivity (Wildman–Crippen MR) is 84.1 cm³/mol. The number of nitrogens with zero attached hydrogens (tertiary/aromatic N) is 2. The van der Waals surface area contributed by atoms with Crippen LogP contribution in [-0.2, 0) is 5.66 Å². The van der Waals surface area contributed by atoms with Gasteiger partial charge in [-0.3, -0.25) is 0 Å². The molecule has 108 valence electrons. The fourth-order valence-corrected chi connectivity index (χ4v) is 2.64. The Labute approximate surface area is 124 Å². The Morgan fingerprint density at radius 3 is 2.29 bits per heavy atom. The summed E-state index contributed by atoms with van der Waals surface area (Å²) in [5.74, 6) is 0. The molecule has 0 saturated heterocycles. The molecule has 0 radical (unpaired) electrons. The third kappa shape index (κ3) is 2.68. The van der Waals surface area contributed by atoms with E-state index in [1.165, 1.54) is 12.1 Å². The summed E-state index contributed by atoms with van der Waals surface area (Å²) >= 11 is 0. The van der Waals surface area contributed by atoms with Crippen molar-refractivity contribution < 1.29 is 8.78 Å². The smallest absolute Gasteiger partial charge is 0.238 e. The van der Waals surface area contributed by atoms with Crippen LogP contribution in [0.25, 0.3) is 16.5 Å². The highest BCUT2D eigenvalue weighted by molar-refractivity contribution is 7.17. The molecule has 0 amide bonds. The van der Waals surface area contributed by atoms with Crippen molar-refractivity contribution in [3.05, 3.63) is 59.4 Å². The molecule has 0 fully saturated rings. The number of aryl methyl sites for hydroxylation is 2. The van der Waals surface area contributed by atoms with Crippen LogP contribution in [0.2, 0.25) is 0 Å². The number of benzene rings is 2. The van der Waals surface area contributed by atoms with Crippen LogP contribution in [0.5, 0.6) is 0 Å². The summed E-state index contributed by atoms with van der Waals surface area (Å²) in [7, 11) is 1.57. The highest BCUT2D eigenvalue weighted by Crippen LogP contribution is 2.36. The maximum Gasteiger partial charge on any atom is 0.283 e. The van der Waals surface area contributed by atoms with Gasteiger partial charge in [-0.25, -0.2) is 4.68 Å². The topological polar surface area (TPSA) is 17.8 Å². The highest BCUT2D eigenvalue weighted by atomic mass is 31.0. The molecule has 0 spiro atoms. The molecule has 21 heavy (non-hydrogen) atoms. The Morgan fingerprint density at radius 2 is 1.67 bits per heavy atom. The number of rotatable bonds is 2. The van der Waals surface area contributed by atoms with Gasteiger partial charge in [-0.05, 0) is 48.9 Å². The van der Waals surface area contributed by atoms with Gasteiger partial charge in [-0.15, -0.1) is 0 Å². The molecule has 0 N–H and O–H groups in total. The average Bonchev–Trinajstić information content (AvgIpc) is 2.75. The zero-order valence-electron chi connectivity index (χ0n) is 11.8. The molecule has 1 atom stereocenters. The summed E-state index contributed by atoms with van der Waals surface area (Å²) in [5, 5.41) is 6.14. The van der Waals surface area contributed by atoms with E-state index in [9.17, 15) is 8.78 Å². The van der Waals surface area contributed by atoms with E-state index < -0.39 is 5.66 Å². The third-order valence-corrected chi connectivity index (χ3v) is 3.80. The molecule has 5 heteroatoms. The molecule has 0 saturated carbocycles. The van der Waals surface area contributed by atoms with Crippen LogP contribution < -0.4 is 0 Å². The lowest BCUT2D eigenvalue weighted by Crippen LogP contribution is -2.02. The first kappa shape index (κ1) is 14.2. The molecular formula is C16H15F2N2P. The molecule has 2 nitrogen and oxygen atoms in total. The summed E-state index contributed by atoms with van der Waals surface area (Å²) in [6.07, 6.45) is 0. The van der Waals surface area contributed by atoms with Crippen molar-refractivity contribution in [2.45, 2.75) is 19.5 Å². The minimum absolute atomic E-state index is 0.00105. The van der Waals surface area contributed by atoms with Gasteiger partial charge in [0.15, 0.2) is 0 Å².